The highest BCUT2D eigenvalue weighted by Gasteiger charge is 2.22. The summed E-state index contributed by atoms with van der Waals surface area (Å²) in [7, 11) is 0. The maximum Gasteiger partial charge on any atom is 0.112 e. The van der Waals surface area contributed by atoms with Crippen LogP contribution in [0.4, 0.5) is 0 Å². The van der Waals surface area contributed by atoms with Crippen molar-refractivity contribution in [3.8, 4) is 0 Å². The van der Waals surface area contributed by atoms with E-state index in [-0.39, 0.29) is 5.92 Å². The molecular formula is C9H18N4O. The van der Waals surface area contributed by atoms with Crippen LogP contribution in [0.3, 0.4) is 0 Å². The van der Waals surface area contributed by atoms with E-state index in [0.717, 1.165) is 13.0 Å². The van der Waals surface area contributed by atoms with Crippen LogP contribution >= 0.6 is 0 Å². The number of hydrogen-bond acceptors (Lipinski definition) is 5. The highest BCUT2D eigenvalue weighted by molar-refractivity contribution is 5.13. The van der Waals surface area contributed by atoms with Crippen LogP contribution in [0.2, 0.25) is 0 Å². The van der Waals surface area contributed by atoms with Gasteiger partial charge in [0.15, 0.2) is 0 Å². The third kappa shape index (κ3) is 2.40. The first-order valence-electron chi connectivity index (χ1n) is 4.66. The smallest absolute Gasteiger partial charge is 0.112 e. The number of allylic oxidation sites excluding steroid dienone is 1. The van der Waals surface area contributed by atoms with Crippen LogP contribution in [0.25, 0.3) is 0 Å². The molecule has 2 unspecified atom stereocenters. The van der Waals surface area contributed by atoms with Crippen LogP contribution < -0.4 is 22.3 Å². The molecule has 0 bridgehead atoms. The minimum Gasteiger partial charge on any atom is -0.391 e. The Balaban J connectivity index is 2.64. The molecule has 5 nitrogen and oxygen atoms in total. The lowest BCUT2D eigenvalue weighted by molar-refractivity contribution is 0.138. The van der Waals surface area contributed by atoms with Crippen LogP contribution in [-0.2, 0) is 0 Å². The van der Waals surface area contributed by atoms with Gasteiger partial charge in [-0.25, -0.2) is 5.84 Å². The van der Waals surface area contributed by atoms with Crippen molar-refractivity contribution in [1.29, 1.82) is 0 Å². The van der Waals surface area contributed by atoms with Crippen molar-refractivity contribution in [1.82, 2.24) is 10.7 Å². The van der Waals surface area contributed by atoms with Crippen molar-refractivity contribution in [3.05, 3.63) is 23.7 Å². The third-order valence-electron chi connectivity index (χ3n) is 2.53. The minimum absolute atomic E-state index is 0.159. The van der Waals surface area contributed by atoms with Crippen molar-refractivity contribution in [3.63, 3.8) is 0 Å². The molecule has 0 aliphatic carbocycles. The fourth-order valence-electron chi connectivity index (χ4n) is 1.50. The minimum atomic E-state index is -0.552. The zero-order chi connectivity index (χ0) is 10.6. The van der Waals surface area contributed by atoms with E-state index in [1.807, 2.05) is 12.3 Å². The number of aliphatic hydroxyl groups excluding tert-OH is 1. The summed E-state index contributed by atoms with van der Waals surface area (Å²) in [6.07, 6.45) is 4.19. The lowest BCUT2D eigenvalue weighted by Gasteiger charge is -2.25. The average molecular weight is 198 g/mol. The summed E-state index contributed by atoms with van der Waals surface area (Å²) in [5, 5.41) is 13.0. The molecule has 0 fully saturated rings. The molecule has 0 spiro atoms. The largest absolute Gasteiger partial charge is 0.391 e. The molecule has 0 amide bonds. The van der Waals surface area contributed by atoms with Crippen molar-refractivity contribution < 1.29 is 5.11 Å². The fraction of sp³-hybridized carbons (Fsp3) is 0.556. The van der Waals surface area contributed by atoms with E-state index in [4.69, 9.17) is 11.6 Å². The summed E-state index contributed by atoms with van der Waals surface area (Å²) in [5.74, 6) is 5.67. The molecule has 0 aromatic rings. The van der Waals surface area contributed by atoms with E-state index in [1.165, 1.54) is 0 Å². The molecule has 7 N–H and O–H groups in total. The van der Waals surface area contributed by atoms with Crippen molar-refractivity contribution in [2.24, 2.45) is 17.5 Å². The fourth-order valence-corrected chi connectivity index (χ4v) is 1.50. The van der Waals surface area contributed by atoms with Crippen LogP contribution in [0.5, 0.6) is 0 Å². The highest BCUT2D eigenvalue weighted by atomic mass is 16.3. The Kier molecular flexibility index (Phi) is 3.79. The second-order valence-corrected chi connectivity index (χ2v) is 3.49. The molecule has 1 heterocycles. The monoisotopic (exact) mass is 198 g/mol. The number of rotatable bonds is 3. The van der Waals surface area contributed by atoms with Crippen LogP contribution in [-0.4, -0.2) is 17.8 Å². The standard InChI is InChI=1S/C9H18N4O/c1-6(9(10)13-11)8(14)7-3-2-4-12-5-7/h2,4,7-8,12-14H,3,5,10-11H2,1H3/b9-6+. The molecule has 0 saturated heterocycles. The van der Waals surface area contributed by atoms with Crippen molar-refractivity contribution in [2.45, 2.75) is 19.4 Å². The summed E-state index contributed by atoms with van der Waals surface area (Å²) < 4.78 is 0. The molecule has 5 heteroatoms. The van der Waals surface area contributed by atoms with Gasteiger partial charge in [-0.1, -0.05) is 6.08 Å². The van der Waals surface area contributed by atoms with Crippen molar-refractivity contribution >= 4 is 0 Å². The third-order valence-corrected chi connectivity index (χ3v) is 2.53. The molecular weight excluding hydrogens is 180 g/mol. The second-order valence-electron chi connectivity index (χ2n) is 3.49. The number of nitrogens with two attached hydrogens (primary N) is 2. The van der Waals surface area contributed by atoms with Crippen LogP contribution in [0.15, 0.2) is 23.7 Å². The summed E-state index contributed by atoms with van der Waals surface area (Å²) in [6.45, 7) is 2.53. The Morgan fingerprint density at radius 3 is 2.93 bits per heavy atom. The second kappa shape index (κ2) is 4.88. The van der Waals surface area contributed by atoms with Gasteiger partial charge in [-0.05, 0) is 25.1 Å². The topological polar surface area (TPSA) is 96.3 Å². The van der Waals surface area contributed by atoms with E-state index in [9.17, 15) is 5.11 Å². The molecule has 80 valence electrons. The molecule has 1 aliphatic rings. The Bertz CT molecular complexity index is 249. The van der Waals surface area contributed by atoms with E-state index in [1.54, 1.807) is 6.92 Å². The van der Waals surface area contributed by atoms with Gasteiger partial charge in [0.2, 0.25) is 0 Å². The molecule has 14 heavy (non-hydrogen) atoms. The van der Waals surface area contributed by atoms with Gasteiger partial charge in [0.25, 0.3) is 0 Å². The van der Waals surface area contributed by atoms with Gasteiger partial charge in [0.1, 0.15) is 5.82 Å². The average Bonchev–Trinajstić information content (AvgIpc) is 2.27. The van der Waals surface area contributed by atoms with E-state index in [0.29, 0.717) is 11.4 Å². The first kappa shape index (κ1) is 10.9. The van der Waals surface area contributed by atoms with Gasteiger partial charge < -0.3 is 21.6 Å². The quantitative estimate of drug-likeness (QED) is 0.300. The van der Waals surface area contributed by atoms with Gasteiger partial charge in [0, 0.05) is 12.5 Å². The SMILES string of the molecule is C/C(=C(/N)NN)C(O)C1CC=CNC1. The number of hydrogen-bond donors (Lipinski definition) is 5. The Labute approximate surface area is 83.8 Å². The lowest BCUT2D eigenvalue weighted by Crippen LogP contribution is -2.36. The summed E-state index contributed by atoms with van der Waals surface area (Å²) in [5.41, 5.74) is 8.60. The highest BCUT2D eigenvalue weighted by Crippen LogP contribution is 2.18. The molecule has 0 saturated carbocycles. The summed E-state index contributed by atoms with van der Waals surface area (Å²) in [6, 6.07) is 0. The van der Waals surface area contributed by atoms with E-state index >= 15 is 0 Å². The molecule has 2 atom stereocenters. The number of hydrazine groups is 1. The molecule has 1 rings (SSSR count). The van der Waals surface area contributed by atoms with Gasteiger partial charge in [0.05, 0.1) is 6.10 Å². The maximum atomic E-state index is 9.94. The van der Waals surface area contributed by atoms with Gasteiger partial charge in [-0.3, -0.25) is 0 Å². The first-order chi connectivity index (χ1) is 6.66. The zero-order valence-corrected chi connectivity index (χ0v) is 8.33. The van der Waals surface area contributed by atoms with Gasteiger partial charge >= 0.3 is 0 Å². The first-order valence-corrected chi connectivity index (χ1v) is 4.66. The number of nitrogens with one attached hydrogen (secondary N) is 2. The van der Waals surface area contributed by atoms with Gasteiger partial charge in [-0.2, -0.15) is 0 Å². The van der Waals surface area contributed by atoms with Crippen LogP contribution in [0, 0.1) is 5.92 Å². The van der Waals surface area contributed by atoms with Gasteiger partial charge in [-0.15, -0.1) is 0 Å². The zero-order valence-electron chi connectivity index (χ0n) is 8.33. The molecule has 0 aromatic carbocycles. The molecule has 1 aliphatic heterocycles. The van der Waals surface area contributed by atoms with Crippen LogP contribution in [0.1, 0.15) is 13.3 Å². The Hall–Kier alpha value is -1.20. The Morgan fingerprint density at radius 2 is 2.43 bits per heavy atom. The van der Waals surface area contributed by atoms with E-state index in [2.05, 4.69) is 10.7 Å². The lowest BCUT2D eigenvalue weighted by atomic mass is 9.92. The predicted molar refractivity (Wildman–Crippen MR) is 55.5 cm³/mol. The Morgan fingerprint density at radius 1 is 1.71 bits per heavy atom. The van der Waals surface area contributed by atoms with Crippen molar-refractivity contribution in [2.75, 3.05) is 6.54 Å². The molecule has 0 aromatic heterocycles. The normalized spacial score (nSPS) is 24.9. The predicted octanol–water partition coefficient (Wildman–Crippen LogP) is -0.876. The maximum absolute atomic E-state index is 9.94. The number of aliphatic hydroxyl groups is 1. The van der Waals surface area contributed by atoms with E-state index < -0.39 is 6.10 Å². The molecule has 0 radical (unpaired) electrons. The summed E-state index contributed by atoms with van der Waals surface area (Å²) in [4.78, 5) is 0. The summed E-state index contributed by atoms with van der Waals surface area (Å²) >= 11 is 0.